The van der Waals surface area contributed by atoms with Crippen LogP contribution in [0.15, 0.2) is 23.1 Å². The number of rotatable bonds is 6. The molecule has 0 aliphatic carbocycles. The third-order valence-corrected chi connectivity index (χ3v) is 5.74. The Morgan fingerprint density at radius 3 is 2.25 bits per heavy atom. The molecule has 0 aromatic heterocycles. The van der Waals surface area contributed by atoms with Crippen molar-refractivity contribution in [2.75, 3.05) is 5.75 Å². The molecule has 0 N–H and O–H groups in total. The van der Waals surface area contributed by atoms with Crippen LogP contribution in [0.4, 0.5) is 0 Å². The Bertz CT molecular complexity index is 598. The van der Waals surface area contributed by atoms with Crippen molar-refractivity contribution in [1.82, 2.24) is 0 Å². The van der Waals surface area contributed by atoms with Gasteiger partial charge in [0.25, 0.3) is 0 Å². The number of nitrogens with zero attached hydrogens (tertiary/aromatic N) is 1. The SMILES string of the molecule is CC(C)(C#N)CCCCS(=O)(=O)c1c(Cl)cccc1Cl. The van der Waals surface area contributed by atoms with Gasteiger partial charge in [0.05, 0.1) is 27.3 Å². The number of nitriles is 1. The summed E-state index contributed by atoms with van der Waals surface area (Å²) in [7, 11) is -3.49. The molecule has 1 rings (SSSR count). The van der Waals surface area contributed by atoms with Gasteiger partial charge < -0.3 is 0 Å². The van der Waals surface area contributed by atoms with Crippen molar-refractivity contribution in [3.05, 3.63) is 28.2 Å². The normalized spacial score (nSPS) is 12.2. The molecule has 0 unspecified atom stereocenters. The van der Waals surface area contributed by atoms with E-state index >= 15 is 0 Å². The summed E-state index contributed by atoms with van der Waals surface area (Å²) in [4.78, 5) is 0.00266. The first-order chi connectivity index (χ1) is 9.19. The van der Waals surface area contributed by atoms with Crippen LogP contribution >= 0.6 is 23.2 Å². The van der Waals surface area contributed by atoms with E-state index in [1.807, 2.05) is 13.8 Å². The van der Waals surface area contributed by atoms with Gasteiger partial charge in [-0.2, -0.15) is 5.26 Å². The molecule has 0 radical (unpaired) electrons. The largest absolute Gasteiger partial charge is 0.224 e. The van der Waals surface area contributed by atoms with Gasteiger partial charge in [0.15, 0.2) is 9.84 Å². The maximum atomic E-state index is 12.2. The standard InChI is InChI=1S/C14H17Cl2NO2S/c1-14(2,10-17)8-3-4-9-20(18,19)13-11(15)6-5-7-12(13)16/h5-7H,3-4,8-9H2,1-2H3. The Balaban J connectivity index is 2.71. The van der Waals surface area contributed by atoms with Crippen molar-refractivity contribution in [2.45, 2.75) is 38.0 Å². The second-order valence-corrected chi connectivity index (χ2v) is 8.18. The zero-order chi connectivity index (χ0) is 15.4. The van der Waals surface area contributed by atoms with Crippen LogP contribution in [0.1, 0.15) is 33.1 Å². The van der Waals surface area contributed by atoms with E-state index in [4.69, 9.17) is 28.5 Å². The lowest BCUT2D eigenvalue weighted by atomic mass is 9.89. The summed E-state index contributed by atoms with van der Waals surface area (Å²) in [6.45, 7) is 3.68. The van der Waals surface area contributed by atoms with Crippen molar-refractivity contribution in [1.29, 1.82) is 5.26 Å². The van der Waals surface area contributed by atoms with Crippen molar-refractivity contribution in [3.63, 3.8) is 0 Å². The van der Waals surface area contributed by atoms with Gasteiger partial charge in [0, 0.05) is 0 Å². The number of halogens is 2. The number of benzene rings is 1. The molecule has 1 aromatic rings. The average Bonchev–Trinajstić information content (AvgIpc) is 2.34. The highest BCUT2D eigenvalue weighted by atomic mass is 35.5. The molecule has 0 spiro atoms. The summed E-state index contributed by atoms with van der Waals surface area (Å²) in [5.41, 5.74) is -0.425. The summed E-state index contributed by atoms with van der Waals surface area (Å²) < 4.78 is 24.5. The predicted octanol–water partition coefficient (Wildman–Crippen LogP) is 4.49. The van der Waals surface area contributed by atoms with E-state index in [1.54, 1.807) is 6.07 Å². The fourth-order valence-corrected chi connectivity index (χ4v) is 4.42. The van der Waals surface area contributed by atoms with Crippen molar-refractivity contribution in [2.24, 2.45) is 5.41 Å². The Morgan fingerprint density at radius 2 is 1.75 bits per heavy atom. The van der Waals surface area contributed by atoms with Crippen LogP contribution in [0.3, 0.4) is 0 Å². The van der Waals surface area contributed by atoms with Crippen LogP contribution < -0.4 is 0 Å². The van der Waals surface area contributed by atoms with Crippen LogP contribution in [-0.2, 0) is 9.84 Å². The molecule has 0 amide bonds. The molecule has 110 valence electrons. The Morgan fingerprint density at radius 1 is 1.20 bits per heavy atom. The zero-order valence-electron chi connectivity index (χ0n) is 11.5. The first-order valence-electron chi connectivity index (χ1n) is 6.28. The summed E-state index contributed by atoms with van der Waals surface area (Å²) >= 11 is 11.8. The minimum absolute atomic E-state index is 0.00266. The lowest BCUT2D eigenvalue weighted by Crippen LogP contribution is -2.11. The van der Waals surface area contributed by atoms with Crippen molar-refractivity contribution in [3.8, 4) is 6.07 Å². The van der Waals surface area contributed by atoms with Gasteiger partial charge in [-0.3, -0.25) is 0 Å². The predicted molar refractivity (Wildman–Crippen MR) is 81.8 cm³/mol. The van der Waals surface area contributed by atoms with Gasteiger partial charge in [0.2, 0.25) is 0 Å². The van der Waals surface area contributed by atoms with Crippen LogP contribution in [0.2, 0.25) is 10.0 Å². The zero-order valence-corrected chi connectivity index (χ0v) is 13.8. The molecule has 0 saturated heterocycles. The topological polar surface area (TPSA) is 57.9 Å². The Labute approximate surface area is 130 Å². The Kier molecular flexibility index (Phi) is 5.88. The van der Waals surface area contributed by atoms with Gasteiger partial charge >= 0.3 is 0 Å². The highest BCUT2D eigenvalue weighted by Gasteiger charge is 2.22. The first-order valence-corrected chi connectivity index (χ1v) is 8.68. The smallest absolute Gasteiger partial charge is 0.181 e. The number of hydrogen-bond donors (Lipinski definition) is 0. The maximum Gasteiger partial charge on any atom is 0.181 e. The lowest BCUT2D eigenvalue weighted by Gasteiger charge is -2.14. The number of hydrogen-bond acceptors (Lipinski definition) is 3. The number of unbranched alkanes of at least 4 members (excludes halogenated alkanes) is 1. The second kappa shape index (κ2) is 6.80. The van der Waals surface area contributed by atoms with Crippen LogP contribution in [-0.4, -0.2) is 14.2 Å². The molecule has 0 heterocycles. The molecule has 0 aliphatic rings. The number of sulfone groups is 1. The van der Waals surface area contributed by atoms with E-state index in [1.165, 1.54) is 12.1 Å². The third-order valence-electron chi connectivity index (χ3n) is 3.00. The lowest BCUT2D eigenvalue weighted by molar-refractivity contribution is 0.431. The molecule has 0 saturated carbocycles. The quantitative estimate of drug-likeness (QED) is 0.720. The fraction of sp³-hybridized carbons (Fsp3) is 0.500. The van der Waals surface area contributed by atoms with Crippen LogP contribution in [0.25, 0.3) is 0 Å². The molecular weight excluding hydrogens is 317 g/mol. The third kappa shape index (κ3) is 4.66. The van der Waals surface area contributed by atoms with Crippen molar-refractivity contribution < 1.29 is 8.42 Å². The van der Waals surface area contributed by atoms with E-state index in [0.717, 1.165) is 0 Å². The summed E-state index contributed by atoms with van der Waals surface area (Å²) in [5, 5.41) is 9.20. The monoisotopic (exact) mass is 333 g/mol. The first kappa shape index (κ1) is 17.3. The molecule has 0 aliphatic heterocycles. The average molecular weight is 334 g/mol. The van der Waals surface area contributed by atoms with Crippen LogP contribution in [0.5, 0.6) is 0 Å². The van der Waals surface area contributed by atoms with E-state index < -0.39 is 15.3 Å². The summed E-state index contributed by atoms with van der Waals surface area (Å²) in [6, 6.07) is 6.83. The minimum Gasteiger partial charge on any atom is -0.224 e. The highest BCUT2D eigenvalue weighted by Crippen LogP contribution is 2.30. The van der Waals surface area contributed by atoms with Gasteiger partial charge in [-0.15, -0.1) is 0 Å². The van der Waals surface area contributed by atoms with Crippen molar-refractivity contribution >= 4 is 33.0 Å². The molecule has 0 fully saturated rings. The van der Waals surface area contributed by atoms with Gasteiger partial charge in [0.1, 0.15) is 4.90 Å². The highest BCUT2D eigenvalue weighted by molar-refractivity contribution is 7.91. The molecular formula is C14H17Cl2NO2S. The molecule has 6 heteroatoms. The van der Waals surface area contributed by atoms with E-state index in [-0.39, 0.29) is 20.7 Å². The Hall–Kier alpha value is -0.760. The summed E-state index contributed by atoms with van der Waals surface area (Å²) in [6.07, 6.45) is 1.81. The maximum absolute atomic E-state index is 12.2. The minimum atomic E-state index is -3.49. The van der Waals surface area contributed by atoms with E-state index in [0.29, 0.717) is 19.3 Å². The molecule has 1 aromatic carbocycles. The summed E-state index contributed by atoms with van der Waals surface area (Å²) in [5.74, 6) is -0.0159. The van der Waals surface area contributed by atoms with Crippen LogP contribution in [0, 0.1) is 16.7 Å². The molecule has 3 nitrogen and oxygen atoms in total. The molecule has 0 bridgehead atoms. The molecule has 20 heavy (non-hydrogen) atoms. The van der Waals surface area contributed by atoms with Gasteiger partial charge in [-0.25, -0.2) is 8.42 Å². The fourth-order valence-electron chi connectivity index (χ4n) is 1.80. The van der Waals surface area contributed by atoms with E-state index in [9.17, 15) is 8.42 Å². The molecule has 0 atom stereocenters. The second-order valence-electron chi connectivity index (χ2n) is 5.32. The van der Waals surface area contributed by atoms with E-state index in [2.05, 4.69) is 6.07 Å². The van der Waals surface area contributed by atoms with Gasteiger partial charge in [-0.05, 0) is 38.8 Å². The van der Waals surface area contributed by atoms with Gasteiger partial charge in [-0.1, -0.05) is 35.7 Å².